The number of Topliss-reactive ketones (excluding diaryl/α,β-unsaturated/α-hetero) is 1. The molecule has 0 aromatic heterocycles. The van der Waals surface area contributed by atoms with Crippen LogP contribution in [0.15, 0.2) is 52.5 Å². The van der Waals surface area contributed by atoms with Gasteiger partial charge in [0.05, 0.1) is 0 Å². The van der Waals surface area contributed by atoms with E-state index in [1.807, 2.05) is 18.2 Å². The van der Waals surface area contributed by atoms with Gasteiger partial charge < -0.3 is 0 Å². The number of allylic oxidation sites excluding steroid dienone is 3. The first-order valence-electron chi connectivity index (χ1n) is 4.40. The summed E-state index contributed by atoms with van der Waals surface area (Å²) < 4.78 is 0.134. The van der Waals surface area contributed by atoms with Crippen molar-refractivity contribution in [2.45, 2.75) is 6.92 Å². The zero-order chi connectivity index (χ0) is 11.3. The minimum atomic E-state index is -0.0265. The summed E-state index contributed by atoms with van der Waals surface area (Å²) in [4.78, 5) is 11.8. The Morgan fingerprint density at radius 3 is 2.27 bits per heavy atom. The minimum Gasteiger partial charge on any atom is -0.289 e. The second-order valence-electron chi connectivity index (χ2n) is 3.00. The van der Waals surface area contributed by atoms with Gasteiger partial charge >= 0.3 is 0 Å². The highest BCUT2D eigenvalue weighted by atomic mass is 35.5. The van der Waals surface area contributed by atoms with Gasteiger partial charge in [0.2, 0.25) is 0 Å². The van der Waals surface area contributed by atoms with Crippen LogP contribution in [0.4, 0.5) is 0 Å². The number of hydrogen-bond donors (Lipinski definition) is 0. The molecule has 0 amide bonds. The highest BCUT2D eigenvalue weighted by Crippen LogP contribution is 2.11. The summed E-state index contributed by atoms with van der Waals surface area (Å²) in [7, 11) is 0. The van der Waals surface area contributed by atoms with Crippen molar-refractivity contribution >= 4 is 29.0 Å². The Morgan fingerprint density at radius 2 is 1.73 bits per heavy atom. The predicted octanol–water partition coefficient (Wildman–Crippen LogP) is 4.13. The van der Waals surface area contributed by atoms with Gasteiger partial charge in [0.25, 0.3) is 0 Å². The largest absolute Gasteiger partial charge is 0.289 e. The van der Waals surface area contributed by atoms with E-state index in [0.29, 0.717) is 11.1 Å². The second kappa shape index (κ2) is 5.74. The van der Waals surface area contributed by atoms with Gasteiger partial charge in [-0.25, -0.2) is 0 Å². The maximum Gasteiger partial charge on any atom is 0.188 e. The molecule has 1 aromatic carbocycles. The molecule has 1 nitrogen and oxygen atoms in total. The number of ketones is 1. The van der Waals surface area contributed by atoms with Crippen LogP contribution in [-0.4, -0.2) is 5.78 Å². The SMILES string of the molecule is CC(=CC=C(Cl)Cl)C(=O)c1ccccc1. The molecule has 78 valence electrons. The molecule has 0 radical (unpaired) electrons. The van der Waals surface area contributed by atoms with Gasteiger partial charge in [-0.3, -0.25) is 4.79 Å². The number of rotatable bonds is 3. The van der Waals surface area contributed by atoms with Gasteiger partial charge in [0, 0.05) is 5.56 Å². The summed E-state index contributed by atoms with van der Waals surface area (Å²) in [5.41, 5.74) is 1.25. The third-order valence-electron chi connectivity index (χ3n) is 1.85. The summed E-state index contributed by atoms with van der Waals surface area (Å²) in [6, 6.07) is 9.05. The molecular weight excluding hydrogens is 231 g/mol. The lowest BCUT2D eigenvalue weighted by atomic mass is 10.0. The molecule has 0 fully saturated rings. The van der Waals surface area contributed by atoms with Crippen molar-refractivity contribution in [1.29, 1.82) is 0 Å². The first kappa shape index (κ1) is 12.0. The monoisotopic (exact) mass is 240 g/mol. The maximum absolute atomic E-state index is 11.8. The summed E-state index contributed by atoms with van der Waals surface area (Å²) in [5.74, 6) is -0.0265. The molecule has 0 heterocycles. The Labute approximate surface area is 99.0 Å². The van der Waals surface area contributed by atoms with Crippen LogP contribution < -0.4 is 0 Å². The van der Waals surface area contributed by atoms with Crippen LogP contribution in [0, 0.1) is 0 Å². The standard InChI is InChI=1S/C12H10Cl2O/c1-9(7-8-11(13)14)12(15)10-5-3-2-4-6-10/h2-8H,1H3. The van der Waals surface area contributed by atoms with Crippen LogP contribution >= 0.6 is 23.2 Å². The van der Waals surface area contributed by atoms with Gasteiger partial charge in [-0.2, -0.15) is 0 Å². The lowest BCUT2D eigenvalue weighted by Crippen LogP contribution is -1.99. The van der Waals surface area contributed by atoms with Crippen LogP contribution in [-0.2, 0) is 0 Å². The fourth-order valence-electron chi connectivity index (χ4n) is 1.08. The van der Waals surface area contributed by atoms with Crippen molar-refractivity contribution in [3.8, 4) is 0 Å². The van der Waals surface area contributed by atoms with Gasteiger partial charge in [0.1, 0.15) is 4.49 Å². The molecule has 3 heteroatoms. The summed E-state index contributed by atoms with van der Waals surface area (Å²) in [6.07, 6.45) is 3.09. The highest BCUT2D eigenvalue weighted by molar-refractivity contribution is 6.56. The highest BCUT2D eigenvalue weighted by Gasteiger charge is 2.05. The molecular formula is C12H10Cl2O. The molecule has 1 aromatic rings. The minimum absolute atomic E-state index is 0.0265. The van der Waals surface area contributed by atoms with E-state index < -0.39 is 0 Å². The van der Waals surface area contributed by atoms with Crippen LogP contribution in [0.2, 0.25) is 0 Å². The molecule has 1 rings (SSSR count). The average Bonchev–Trinajstić information content (AvgIpc) is 2.26. The zero-order valence-corrected chi connectivity index (χ0v) is 9.72. The number of benzene rings is 1. The molecule has 0 atom stereocenters. The van der Waals surface area contributed by atoms with Crippen LogP contribution in [0.5, 0.6) is 0 Å². The van der Waals surface area contributed by atoms with Crippen LogP contribution in [0.3, 0.4) is 0 Å². The molecule has 0 unspecified atom stereocenters. The zero-order valence-electron chi connectivity index (χ0n) is 8.21. The van der Waals surface area contributed by atoms with E-state index in [1.54, 1.807) is 25.1 Å². The smallest absolute Gasteiger partial charge is 0.188 e. The van der Waals surface area contributed by atoms with Gasteiger partial charge in [0.15, 0.2) is 5.78 Å². The van der Waals surface area contributed by atoms with Crippen molar-refractivity contribution in [1.82, 2.24) is 0 Å². The number of carbonyl (C=O) groups is 1. The summed E-state index contributed by atoms with van der Waals surface area (Å²) >= 11 is 10.9. The fourth-order valence-corrected chi connectivity index (χ4v) is 1.21. The van der Waals surface area contributed by atoms with Crippen molar-refractivity contribution in [2.75, 3.05) is 0 Å². The third kappa shape index (κ3) is 3.90. The third-order valence-corrected chi connectivity index (χ3v) is 2.11. The van der Waals surface area contributed by atoms with E-state index >= 15 is 0 Å². The van der Waals surface area contributed by atoms with E-state index in [1.165, 1.54) is 6.08 Å². The molecule has 0 saturated carbocycles. The van der Waals surface area contributed by atoms with Crippen LogP contribution in [0.1, 0.15) is 17.3 Å². The van der Waals surface area contributed by atoms with Gasteiger partial charge in [-0.05, 0) is 18.6 Å². The Kier molecular flexibility index (Phi) is 4.60. The molecule has 0 aliphatic carbocycles. The number of halogens is 2. The van der Waals surface area contributed by atoms with E-state index in [9.17, 15) is 4.79 Å². The predicted molar refractivity (Wildman–Crippen MR) is 64.3 cm³/mol. The normalized spacial score (nSPS) is 11.0. The quantitative estimate of drug-likeness (QED) is 0.441. The van der Waals surface area contributed by atoms with E-state index in [0.717, 1.165) is 0 Å². The Morgan fingerprint density at radius 1 is 1.13 bits per heavy atom. The summed E-state index contributed by atoms with van der Waals surface area (Å²) in [6.45, 7) is 1.72. The fraction of sp³-hybridized carbons (Fsp3) is 0.0833. The van der Waals surface area contributed by atoms with Crippen molar-refractivity contribution in [3.05, 3.63) is 58.1 Å². The first-order chi connectivity index (χ1) is 7.11. The number of hydrogen-bond acceptors (Lipinski definition) is 1. The van der Waals surface area contributed by atoms with E-state index in [-0.39, 0.29) is 10.3 Å². The lowest BCUT2D eigenvalue weighted by molar-refractivity contribution is 0.103. The topological polar surface area (TPSA) is 17.1 Å². The molecule has 0 aliphatic rings. The molecule has 0 bridgehead atoms. The molecule has 0 saturated heterocycles. The Bertz CT molecular complexity index is 401. The van der Waals surface area contributed by atoms with Crippen molar-refractivity contribution in [2.24, 2.45) is 0 Å². The Balaban J connectivity index is 2.87. The molecule has 0 N–H and O–H groups in total. The second-order valence-corrected chi connectivity index (χ2v) is 4.01. The van der Waals surface area contributed by atoms with Gasteiger partial charge in [-0.15, -0.1) is 0 Å². The van der Waals surface area contributed by atoms with E-state index in [4.69, 9.17) is 23.2 Å². The summed E-state index contributed by atoms with van der Waals surface area (Å²) in [5, 5.41) is 0. The molecule has 0 spiro atoms. The average molecular weight is 241 g/mol. The molecule has 15 heavy (non-hydrogen) atoms. The lowest BCUT2D eigenvalue weighted by Gasteiger charge is -1.99. The van der Waals surface area contributed by atoms with E-state index in [2.05, 4.69) is 0 Å². The van der Waals surface area contributed by atoms with Crippen molar-refractivity contribution < 1.29 is 4.79 Å². The number of carbonyl (C=O) groups excluding carboxylic acids is 1. The molecule has 0 aliphatic heterocycles. The Hall–Kier alpha value is -1.05. The first-order valence-corrected chi connectivity index (χ1v) is 5.16. The maximum atomic E-state index is 11.8. The van der Waals surface area contributed by atoms with Crippen LogP contribution in [0.25, 0.3) is 0 Å². The van der Waals surface area contributed by atoms with Crippen molar-refractivity contribution in [3.63, 3.8) is 0 Å². The van der Waals surface area contributed by atoms with Gasteiger partial charge in [-0.1, -0.05) is 59.6 Å².